The van der Waals surface area contributed by atoms with E-state index >= 15 is 0 Å². The lowest BCUT2D eigenvalue weighted by atomic mass is 9.82. The molecule has 1 aliphatic rings. The van der Waals surface area contributed by atoms with Gasteiger partial charge in [-0.15, -0.1) is 0 Å². The van der Waals surface area contributed by atoms with Crippen LogP contribution in [0.1, 0.15) is 42.7 Å². The number of ether oxygens (including phenoxy) is 3. The number of esters is 1. The van der Waals surface area contributed by atoms with Crippen LogP contribution in [0.2, 0.25) is 0 Å². The summed E-state index contributed by atoms with van der Waals surface area (Å²) in [5.41, 5.74) is 2.13. The molecule has 4 heteroatoms. The first-order valence-corrected chi connectivity index (χ1v) is 9.18. The molecule has 2 aromatic carbocycles. The maximum absolute atomic E-state index is 11.9. The summed E-state index contributed by atoms with van der Waals surface area (Å²) in [4.78, 5) is 11.9. The number of benzene rings is 2. The van der Waals surface area contributed by atoms with Gasteiger partial charge in [-0.05, 0) is 73.6 Å². The Kier molecular flexibility index (Phi) is 6.51. The Morgan fingerprint density at radius 2 is 1.52 bits per heavy atom. The zero-order valence-electron chi connectivity index (χ0n) is 15.7. The zero-order valence-corrected chi connectivity index (χ0v) is 15.7. The lowest BCUT2D eigenvalue weighted by Gasteiger charge is -2.27. The summed E-state index contributed by atoms with van der Waals surface area (Å²) in [6.07, 6.45) is 4.93. The van der Waals surface area contributed by atoms with Crippen molar-refractivity contribution in [2.24, 2.45) is 0 Å². The van der Waals surface area contributed by atoms with Crippen LogP contribution in [0.15, 0.2) is 48.5 Å². The number of carbonyl (C=O) groups is 1. The van der Waals surface area contributed by atoms with Crippen molar-refractivity contribution in [1.29, 1.82) is 0 Å². The Balaban J connectivity index is 1.55. The van der Waals surface area contributed by atoms with Crippen LogP contribution < -0.4 is 9.47 Å². The third kappa shape index (κ3) is 5.35. The maximum Gasteiger partial charge on any atom is 0.390 e. The lowest BCUT2D eigenvalue weighted by Crippen LogP contribution is -2.19. The second-order valence-corrected chi connectivity index (χ2v) is 6.65. The fourth-order valence-electron chi connectivity index (χ4n) is 3.37. The normalized spacial score (nSPS) is 18.9. The van der Waals surface area contributed by atoms with Crippen LogP contribution in [-0.2, 0) is 9.53 Å². The van der Waals surface area contributed by atoms with Crippen molar-refractivity contribution in [3.8, 4) is 23.3 Å². The van der Waals surface area contributed by atoms with E-state index in [1.54, 1.807) is 38.5 Å². The molecule has 0 N–H and O–H groups in total. The van der Waals surface area contributed by atoms with Gasteiger partial charge < -0.3 is 14.2 Å². The summed E-state index contributed by atoms with van der Waals surface area (Å²) in [6, 6.07) is 14.9. The summed E-state index contributed by atoms with van der Waals surface area (Å²) in [5, 5.41) is 0. The standard InChI is InChI=1S/C23H24O4/c1-25-20-10-8-19(9-11-20)18-6-3-17(4-7-18)5-16-23(24)27-22-14-12-21(26-2)13-15-22/h3-4,6-7,12-15,19-20H,8-11H2,1-2H3/t19-,20-. The molecule has 0 unspecified atom stereocenters. The molecule has 0 aliphatic heterocycles. The quantitative estimate of drug-likeness (QED) is 0.460. The molecule has 27 heavy (non-hydrogen) atoms. The van der Waals surface area contributed by atoms with Crippen LogP contribution in [0.4, 0.5) is 0 Å². The molecule has 3 rings (SSSR count). The molecule has 0 amide bonds. The van der Waals surface area contributed by atoms with Gasteiger partial charge in [-0.3, -0.25) is 0 Å². The smallest absolute Gasteiger partial charge is 0.390 e. The summed E-state index contributed by atoms with van der Waals surface area (Å²) >= 11 is 0. The van der Waals surface area contributed by atoms with Crippen LogP contribution in [0.25, 0.3) is 0 Å². The van der Waals surface area contributed by atoms with Crippen molar-refractivity contribution >= 4 is 5.97 Å². The van der Waals surface area contributed by atoms with E-state index < -0.39 is 5.97 Å². The molecule has 1 aliphatic carbocycles. The molecule has 0 aromatic heterocycles. The third-order valence-electron chi connectivity index (χ3n) is 4.97. The lowest BCUT2D eigenvalue weighted by molar-refractivity contribution is -0.128. The van der Waals surface area contributed by atoms with E-state index in [1.807, 2.05) is 12.1 Å². The van der Waals surface area contributed by atoms with E-state index in [9.17, 15) is 4.79 Å². The second kappa shape index (κ2) is 9.25. The van der Waals surface area contributed by atoms with Gasteiger partial charge in [-0.2, -0.15) is 0 Å². The SMILES string of the molecule is COc1ccc(OC(=O)C#Cc2ccc([C@H]3CC[C@H](OC)CC3)cc2)cc1. The molecule has 140 valence electrons. The maximum atomic E-state index is 11.9. The molecular formula is C23H24O4. The van der Waals surface area contributed by atoms with Gasteiger partial charge in [0.15, 0.2) is 0 Å². The first kappa shape index (κ1) is 19.0. The first-order valence-electron chi connectivity index (χ1n) is 9.18. The highest BCUT2D eigenvalue weighted by Gasteiger charge is 2.21. The number of rotatable bonds is 4. The monoisotopic (exact) mass is 364 g/mol. The van der Waals surface area contributed by atoms with E-state index in [0.29, 0.717) is 23.5 Å². The Bertz CT molecular complexity index is 804. The fourth-order valence-corrected chi connectivity index (χ4v) is 3.37. The molecule has 0 atom stereocenters. The van der Waals surface area contributed by atoms with E-state index in [2.05, 4.69) is 24.0 Å². The number of methoxy groups -OCH3 is 2. The molecule has 0 bridgehead atoms. The van der Waals surface area contributed by atoms with Crippen LogP contribution in [0, 0.1) is 11.8 Å². The molecule has 0 spiro atoms. The van der Waals surface area contributed by atoms with E-state index in [4.69, 9.17) is 14.2 Å². The van der Waals surface area contributed by atoms with E-state index in [1.165, 1.54) is 5.56 Å². The van der Waals surface area contributed by atoms with Crippen molar-refractivity contribution in [3.63, 3.8) is 0 Å². The largest absolute Gasteiger partial charge is 0.497 e. The molecule has 4 nitrogen and oxygen atoms in total. The van der Waals surface area contributed by atoms with E-state index in [-0.39, 0.29) is 0 Å². The molecule has 0 heterocycles. The second-order valence-electron chi connectivity index (χ2n) is 6.65. The van der Waals surface area contributed by atoms with Crippen LogP contribution in [0.3, 0.4) is 0 Å². The van der Waals surface area contributed by atoms with Crippen molar-refractivity contribution in [2.45, 2.75) is 37.7 Å². The van der Waals surface area contributed by atoms with Crippen molar-refractivity contribution in [1.82, 2.24) is 0 Å². The Morgan fingerprint density at radius 3 is 2.11 bits per heavy atom. The van der Waals surface area contributed by atoms with Crippen molar-refractivity contribution in [3.05, 3.63) is 59.7 Å². The first-order chi connectivity index (χ1) is 13.2. The summed E-state index contributed by atoms with van der Waals surface area (Å²) in [6.45, 7) is 0. The van der Waals surface area contributed by atoms with Gasteiger partial charge in [0.2, 0.25) is 0 Å². The summed E-state index contributed by atoms with van der Waals surface area (Å²) < 4.78 is 15.7. The minimum atomic E-state index is -0.581. The van der Waals surface area contributed by atoms with E-state index in [0.717, 1.165) is 31.2 Å². The molecule has 1 saturated carbocycles. The van der Waals surface area contributed by atoms with Crippen LogP contribution in [-0.4, -0.2) is 26.3 Å². The highest BCUT2D eigenvalue weighted by molar-refractivity contribution is 5.90. The highest BCUT2D eigenvalue weighted by Crippen LogP contribution is 2.33. The molecule has 0 saturated heterocycles. The van der Waals surface area contributed by atoms with Crippen LogP contribution in [0.5, 0.6) is 11.5 Å². The summed E-state index contributed by atoms with van der Waals surface area (Å²) in [5.74, 6) is 6.54. The van der Waals surface area contributed by atoms with Gasteiger partial charge in [0.25, 0.3) is 0 Å². The molecule has 1 fully saturated rings. The highest BCUT2D eigenvalue weighted by atomic mass is 16.5. The van der Waals surface area contributed by atoms with Crippen molar-refractivity contribution < 1.29 is 19.0 Å². The van der Waals surface area contributed by atoms with Gasteiger partial charge in [-0.1, -0.05) is 18.1 Å². The minimum absolute atomic E-state index is 0.406. The minimum Gasteiger partial charge on any atom is -0.497 e. The Labute approximate surface area is 160 Å². The molecular weight excluding hydrogens is 340 g/mol. The number of carbonyl (C=O) groups excluding carboxylic acids is 1. The average Bonchev–Trinajstić information content (AvgIpc) is 2.73. The third-order valence-corrected chi connectivity index (χ3v) is 4.97. The Hall–Kier alpha value is -2.77. The average molecular weight is 364 g/mol. The van der Waals surface area contributed by atoms with Gasteiger partial charge in [0, 0.05) is 18.6 Å². The van der Waals surface area contributed by atoms with Crippen molar-refractivity contribution in [2.75, 3.05) is 14.2 Å². The number of hydrogen-bond donors (Lipinski definition) is 0. The molecule has 0 radical (unpaired) electrons. The van der Waals surface area contributed by atoms with Crippen LogP contribution >= 0.6 is 0 Å². The van der Waals surface area contributed by atoms with Gasteiger partial charge >= 0.3 is 5.97 Å². The zero-order chi connectivity index (χ0) is 19.1. The van der Waals surface area contributed by atoms with Gasteiger partial charge in [0.05, 0.1) is 13.2 Å². The van der Waals surface area contributed by atoms with Gasteiger partial charge in [-0.25, -0.2) is 4.79 Å². The molecule has 2 aromatic rings. The predicted octanol–water partition coefficient (Wildman–Crippen LogP) is 4.32. The fraction of sp³-hybridized carbons (Fsp3) is 0.348. The predicted molar refractivity (Wildman–Crippen MR) is 104 cm³/mol. The van der Waals surface area contributed by atoms with Gasteiger partial charge in [0.1, 0.15) is 11.5 Å². The topological polar surface area (TPSA) is 44.8 Å². The Morgan fingerprint density at radius 1 is 0.889 bits per heavy atom. The number of hydrogen-bond acceptors (Lipinski definition) is 4. The summed E-state index contributed by atoms with van der Waals surface area (Å²) in [7, 11) is 3.38.